The molecule has 0 N–H and O–H groups in total. The number of aromatic nitrogens is 3. The number of hydrogen-bond donors (Lipinski definition) is 0. The van der Waals surface area contributed by atoms with E-state index in [2.05, 4.69) is 19.9 Å². The summed E-state index contributed by atoms with van der Waals surface area (Å²) in [5.74, 6) is 3.00. The second-order valence-corrected chi connectivity index (χ2v) is 11.4. The number of fused-ring (bicyclic) bond motifs is 1. The zero-order valence-electron chi connectivity index (χ0n) is 21.9. The van der Waals surface area contributed by atoms with Crippen LogP contribution in [0.25, 0.3) is 0 Å². The molecule has 0 radical (unpaired) electrons. The third-order valence-electron chi connectivity index (χ3n) is 8.51. The summed E-state index contributed by atoms with van der Waals surface area (Å²) in [6.07, 6.45) is 12.3. The van der Waals surface area contributed by atoms with Gasteiger partial charge in [0, 0.05) is 44.6 Å². The zero-order valence-corrected chi connectivity index (χ0v) is 22.7. The summed E-state index contributed by atoms with van der Waals surface area (Å²) >= 11 is 5.90. The molecule has 1 aliphatic carbocycles. The van der Waals surface area contributed by atoms with E-state index in [4.69, 9.17) is 16.3 Å². The van der Waals surface area contributed by atoms with Gasteiger partial charge >= 0.3 is 0 Å². The Morgan fingerprint density at radius 2 is 1.90 bits per heavy atom. The number of anilines is 1. The first-order valence-corrected chi connectivity index (χ1v) is 14.2. The number of rotatable bonds is 8. The highest BCUT2D eigenvalue weighted by atomic mass is 35.5. The molecule has 2 fully saturated rings. The molecule has 0 spiro atoms. The van der Waals surface area contributed by atoms with Gasteiger partial charge in [-0.25, -0.2) is 14.4 Å². The van der Waals surface area contributed by atoms with Crippen molar-refractivity contribution in [2.45, 2.75) is 45.1 Å². The average molecular weight is 550 g/mol. The van der Waals surface area contributed by atoms with E-state index in [1.807, 2.05) is 12.3 Å². The van der Waals surface area contributed by atoms with Gasteiger partial charge in [-0.05, 0) is 78.7 Å². The minimum atomic E-state index is -0.388. The summed E-state index contributed by atoms with van der Waals surface area (Å²) in [4.78, 5) is 29.7. The Balaban J connectivity index is 0.924. The SMILES string of the molecule is O=C(Cc1ccc(OCC[C@@H]2C[C@@H]2C2CCN(c3ncc(Cl)cn3)CC2)cc1F)N1CCc2ccncc2C1. The normalized spacial score (nSPS) is 21.0. The van der Waals surface area contributed by atoms with Crippen molar-refractivity contribution in [1.29, 1.82) is 0 Å². The van der Waals surface area contributed by atoms with Crippen LogP contribution in [0.1, 0.15) is 42.4 Å². The molecule has 39 heavy (non-hydrogen) atoms. The third kappa shape index (κ3) is 6.16. The number of carbonyl (C=O) groups excluding carboxylic acids is 1. The van der Waals surface area contributed by atoms with E-state index in [1.165, 1.54) is 18.1 Å². The van der Waals surface area contributed by atoms with Crippen LogP contribution in [0.2, 0.25) is 5.02 Å². The van der Waals surface area contributed by atoms with Gasteiger partial charge in [-0.15, -0.1) is 0 Å². The first-order chi connectivity index (χ1) is 19.0. The number of halogens is 2. The van der Waals surface area contributed by atoms with E-state index in [0.29, 0.717) is 41.9 Å². The van der Waals surface area contributed by atoms with Gasteiger partial charge < -0.3 is 14.5 Å². The lowest BCUT2D eigenvalue weighted by molar-refractivity contribution is -0.131. The topological polar surface area (TPSA) is 71.5 Å². The second-order valence-electron chi connectivity index (χ2n) is 11.0. The Hall–Kier alpha value is -3.26. The van der Waals surface area contributed by atoms with Crippen LogP contribution in [-0.4, -0.2) is 52.0 Å². The first-order valence-electron chi connectivity index (χ1n) is 13.9. The van der Waals surface area contributed by atoms with E-state index in [-0.39, 0.29) is 18.1 Å². The van der Waals surface area contributed by atoms with Crippen LogP contribution >= 0.6 is 11.6 Å². The third-order valence-corrected chi connectivity index (χ3v) is 8.70. The minimum Gasteiger partial charge on any atom is -0.493 e. The number of ether oxygens (including phenoxy) is 1. The van der Waals surface area contributed by atoms with Crippen LogP contribution in [0, 0.1) is 23.6 Å². The van der Waals surface area contributed by atoms with Gasteiger partial charge in [-0.1, -0.05) is 17.7 Å². The van der Waals surface area contributed by atoms with Crippen molar-refractivity contribution in [1.82, 2.24) is 19.9 Å². The van der Waals surface area contributed by atoms with Gasteiger partial charge in [0.2, 0.25) is 11.9 Å². The van der Waals surface area contributed by atoms with Crippen molar-refractivity contribution in [3.8, 4) is 5.75 Å². The smallest absolute Gasteiger partial charge is 0.227 e. The summed E-state index contributed by atoms with van der Waals surface area (Å²) in [5, 5.41) is 0.559. The molecule has 0 unspecified atom stereocenters. The predicted octanol–water partition coefficient (Wildman–Crippen LogP) is 5.11. The number of piperidine rings is 1. The lowest BCUT2D eigenvalue weighted by atomic mass is 9.90. The number of nitrogens with zero attached hydrogens (tertiary/aromatic N) is 5. The number of pyridine rings is 1. The molecule has 2 aliphatic heterocycles. The van der Waals surface area contributed by atoms with E-state index in [1.54, 1.807) is 35.6 Å². The molecule has 2 atom stereocenters. The molecule has 1 saturated heterocycles. The maximum atomic E-state index is 14.8. The fourth-order valence-electron chi connectivity index (χ4n) is 6.14. The van der Waals surface area contributed by atoms with Crippen molar-refractivity contribution >= 4 is 23.5 Å². The van der Waals surface area contributed by atoms with E-state index >= 15 is 0 Å². The molecule has 4 heterocycles. The van der Waals surface area contributed by atoms with Gasteiger partial charge in [0.15, 0.2) is 0 Å². The molecule has 7 nitrogen and oxygen atoms in total. The summed E-state index contributed by atoms with van der Waals surface area (Å²) < 4.78 is 20.7. The fraction of sp³-hybridized carbons (Fsp3) is 0.467. The Kier molecular flexibility index (Phi) is 7.64. The highest BCUT2D eigenvalue weighted by molar-refractivity contribution is 6.30. The Morgan fingerprint density at radius 1 is 1.08 bits per heavy atom. The van der Waals surface area contributed by atoms with Crippen molar-refractivity contribution in [2.75, 3.05) is 31.1 Å². The van der Waals surface area contributed by atoms with Gasteiger partial charge in [0.05, 0.1) is 30.4 Å². The second kappa shape index (κ2) is 11.5. The highest BCUT2D eigenvalue weighted by Gasteiger charge is 2.43. The van der Waals surface area contributed by atoms with Crippen LogP contribution in [0.3, 0.4) is 0 Å². The van der Waals surface area contributed by atoms with E-state index < -0.39 is 0 Å². The number of amides is 1. The number of carbonyl (C=O) groups is 1. The van der Waals surface area contributed by atoms with Crippen molar-refractivity contribution in [3.05, 3.63) is 76.6 Å². The van der Waals surface area contributed by atoms with E-state index in [9.17, 15) is 9.18 Å². The Labute approximate surface area is 233 Å². The Bertz CT molecular complexity index is 1310. The summed E-state index contributed by atoms with van der Waals surface area (Å²) in [7, 11) is 0. The molecule has 9 heteroatoms. The molecule has 0 bridgehead atoms. The summed E-state index contributed by atoms with van der Waals surface area (Å²) in [6, 6.07) is 6.87. The lowest BCUT2D eigenvalue weighted by Gasteiger charge is -2.32. The van der Waals surface area contributed by atoms with Crippen molar-refractivity contribution in [2.24, 2.45) is 17.8 Å². The molecule has 1 saturated carbocycles. The number of benzene rings is 1. The van der Waals surface area contributed by atoms with Gasteiger partial charge in [0.25, 0.3) is 0 Å². The van der Waals surface area contributed by atoms with Crippen molar-refractivity contribution in [3.63, 3.8) is 0 Å². The molecule has 2 aromatic heterocycles. The molecule has 1 aromatic carbocycles. The van der Waals surface area contributed by atoms with Gasteiger partial charge in [-0.3, -0.25) is 9.78 Å². The molecule has 3 aliphatic rings. The van der Waals surface area contributed by atoms with Crippen LogP contribution < -0.4 is 9.64 Å². The summed E-state index contributed by atoms with van der Waals surface area (Å²) in [6.45, 7) is 3.71. The quantitative estimate of drug-likeness (QED) is 0.389. The standard InChI is InChI=1S/C30H33ClFN5O2/c31-25-17-34-30(35-18-25)36-9-5-21(6-10-36)27-13-22(27)7-12-39-26-2-1-23(28(32)15-26)14-29(38)37-11-4-20-3-8-33-16-24(20)19-37/h1-3,8,15-18,21-22,27H,4-7,9-14,19H2/t22-,27-/m1/s1. The first kappa shape index (κ1) is 26.0. The van der Waals surface area contributed by atoms with Crippen LogP contribution in [0.4, 0.5) is 10.3 Å². The van der Waals surface area contributed by atoms with Crippen LogP contribution in [0.5, 0.6) is 5.75 Å². The molecular weight excluding hydrogens is 517 g/mol. The van der Waals surface area contributed by atoms with Gasteiger partial charge in [-0.2, -0.15) is 0 Å². The molecule has 6 rings (SSSR count). The monoisotopic (exact) mass is 549 g/mol. The minimum absolute atomic E-state index is 0.0500. The summed E-state index contributed by atoms with van der Waals surface area (Å²) in [5.41, 5.74) is 2.70. The van der Waals surface area contributed by atoms with E-state index in [0.717, 1.165) is 62.1 Å². The maximum Gasteiger partial charge on any atom is 0.227 e. The lowest BCUT2D eigenvalue weighted by Crippen LogP contribution is -2.37. The van der Waals surface area contributed by atoms with Crippen LogP contribution in [-0.2, 0) is 24.2 Å². The fourth-order valence-corrected chi connectivity index (χ4v) is 6.23. The number of hydrogen-bond acceptors (Lipinski definition) is 6. The predicted molar refractivity (Wildman–Crippen MR) is 147 cm³/mol. The molecule has 204 valence electrons. The van der Waals surface area contributed by atoms with Gasteiger partial charge in [0.1, 0.15) is 11.6 Å². The maximum absolute atomic E-state index is 14.8. The molecule has 1 amide bonds. The van der Waals surface area contributed by atoms with Crippen LogP contribution in [0.15, 0.2) is 49.1 Å². The van der Waals surface area contributed by atoms with Crippen molar-refractivity contribution < 1.29 is 13.9 Å². The largest absolute Gasteiger partial charge is 0.493 e. The highest BCUT2D eigenvalue weighted by Crippen LogP contribution is 2.49. The molecule has 3 aromatic rings. The Morgan fingerprint density at radius 3 is 2.69 bits per heavy atom. The average Bonchev–Trinajstić information content (AvgIpc) is 3.74. The zero-order chi connectivity index (χ0) is 26.8. The molecular formula is C30H33ClFN5O2.